The van der Waals surface area contributed by atoms with Crippen molar-refractivity contribution in [3.63, 3.8) is 0 Å². The monoisotopic (exact) mass is 347 g/mol. The van der Waals surface area contributed by atoms with Crippen LogP contribution < -0.4 is 5.32 Å². The molecule has 0 aromatic heterocycles. The van der Waals surface area contributed by atoms with Gasteiger partial charge in [-0.25, -0.2) is 0 Å². The quantitative estimate of drug-likeness (QED) is 0.763. The normalized spacial score (nSPS) is 11.8. The number of nitrogens with one attached hydrogen (secondary N) is 1. The number of benzene rings is 2. The predicted molar refractivity (Wildman–Crippen MR) is 97.3 cm³/mol. The highest BCUT2D eigenvalue weighted by molar-refractivity contribution is 7.99. The van der Waals surface area contributed by atoms with Crippen LogP contribution in [0, 0.1) is 0 Å². The molecule has 0 aliphatic heterocycles. The van der Waals surface area contributed by atoms with Gasteiger partial charge in [0.2, 0.25) is 5.91 Å². The number of hydrogen-bond acceptors (Lipinski definition) is 3. The molecule has 0 heterocycles. The van der Waals surface area contributed by atoms with Crippen LogP contribution in [0.5, 0.6) is 0 Å². The third kappa shape index (κ3) is 5.41. The molecule has 3 nitrogen and oxygen atoms in total. The third-order valence-electron chi connectivity index (χ3n) is 3.34. The van der Waals surface area contributed by atoms with Crippen LogP contribution in [0.3, 0.4) is 0 Å². The molecule has 0 radical (unpaired) electrons. The second-order valence-corrected chi connectivity index (χ2v) is 6.97. The van der Waals surface area contributed by atoms with Crippen molar-refractivity contribution in [2.24, 2.45) is 0 Å². The fourth-order valence-corrected chi connectivity index (χ4v) is 2.88. The van der Waals surface area contributed by atoms with Crippen molar-refractivity contribution in [1.82, 2.24) is 0 Å². The Morgan fingerprint density at radius 3 is 2.26 bits per heavy atom. The highest BCUT2D eigenvalue weighted by atomic mass is 35.5. The van der Waals surface area contributed by atoms with E-state index in [1.807, 2.05) is 31.2 Å². The topological polar surface area (TPSA) is 46.2 Å². The fourth-order valence-electron chi connectivity index (χ4n) is 1.91. The molecule has 2 aromatic carbocycles. The highest BCUT2D eigenvalue weighted by Gasteiger charge is 2.13. The van der Waals surface area contributed by atoms with Gasteiger partial charge in [0.15, 0.2) is 5.78 Å². The maximum Gasteiger partial charge on any atom is 0.237 e. The molecular formula is C18H18ClNO2S. The van der Waals surface area contributed by atoms with Gasteiger partial charge in [-0.05, 0) is 55.8 Å². The summed E-state index contributed by atoms with van der Waals surface area (Å²) in [5, 5.41) is 3.39. The number of thioether (sulfide) groups is 1. The van der Waals surface area contributed by atoms with Crippen LogP contribution in [0.4, 0.5) is 5.69 Å². The minimum absolute atomic E-state index is 0.00904. The Hall–Kier alpha value is -1.78. The Morgan fingerprint density at radius 2 is 1.70 bits per heavy atom. The Labute approximate surface area is 145 Å². The smallest absolute Gasteiger partial charge is 0.237 e. The second-order valence-electron chi connectivity index (χ2n) is 5.20. The lowest BCUT2D eigenvalue weighted by Crippen LogP contribution is -2.22. The summed E-state index contributed by atoms with van der Waals surface area (Å²) >= 11 is 7.42. The third-order valence-corrected chi connectivity index (χ3v) is 4.81. The molecule has 1 N–H and O–H groups in total. The lowest BCUT2D eigenvalue weighted by molar-refractivity contribution is -0.115. The summed E-state index contributed by atoms with van der Waals surface area (Å²) < 4.78 is 0. The van der Waals surface area contributed by atoms with Crippen molar-refractivity contribution >= 4 is 40.7 Å². The Morgan fingerprint density at radius 1 is 1.09 bits per heavy atom. The van der Waals surface area contributed by atoms with Gasteiger partial charge in [0.25, 0.3) is 0 Å². The first-order chi connectivity index (χ1) is 11.0. The Bertz CT molecular complexity index is 683. The molecule has 0 aliphatic carbocycles. The van der Waals surface area contributed by atoms with Gasteiger partial charge in [0.05, 0.1) is 5.25 Å². The van der Waals surface area contributed by atoms with E-state index in [0.29, 0.717) is 16.3 Å². The van der Waals surface area contributed by atoms with E-state index in [1.54, 1.807) is 36.0 Å². The van der Waals surface area contributed by atoms with Gasteiger partial charge in [-0.3, -0.25) is 9.59 Å². The average Bonchev–Trinajstić information content (AvgIpc) is 2.54. The molecular weight excluding hydrogens is 330 g/mol. The van der Waals surface area contributed by atoms with E-state index in [2.05, 4.69) is 5.32 Å². The minimum Gasteiger partial charge on any atom is -0.325 e. The number of Topliss-reactive ketones (excluding diaryl/α,β-unsaturated/α-hetero) is 1. The zero-order valence-corrected chi connectivity index (χ0v) is 14.6. The molecule has 0 saturated carbocycles. The molecule has 5 heteroatoms. The van der Waals surface area contributed by atoms with Crippen molar-refractivity contribution in [2.75, 3.05) is 5.32 Å². The van der Waals surface area contributed by atoms with Gasteiger partial charge in [-0.15, -0.1) is 11.8 Å². The van der Waals surface area contributed by atoms with Gasteiger partial charge >= 0.3 is 0 Å². The molecule has 2 rings (SSSR count). The summed E-state index contributed by atoms with van der Waals surface area (Å²) in [4.78, 5) is 23.4. The largest absolute Gasteiger partial charge is 0.325 e. The van der Waals surface area contributed by atoms with E-state index in [-0.39, 0.29) is 16.9 Å². The molecule has 0 bridgehead atoms. The standard InChI is InChI=1S/C18H18ClNO2S/c1-12(21)15-5-9-17(10-6-15)20-18(22)13(2)23-11-14-3-7-16(19)8-4-14/h3-10,13H,11H2,1-2H3,(H,20,22)/t13-/m0/s1. The van der Waals surface area contributed by atoms with E-state index in [1.165, 1.54) is 6.92 Å². The van der Waals surface area contributed by atoms with Crippen LogP contribution in [0.15, 0.2) is 48.5 Å². The number of ketones is 1. The molecule has 120 valence electrons. The maximum atomic E-state index is 12.2. The number of carbonyl (C=O) groups excluding carboxylic acids is 2. The molecule has 0 saturated heterocycles. The van der Waals surface area contributed by atoms with Crippen LogP contribution in [-0.2, 0) is 10.5 Å². The summed E-state index contributed by atoms with van der Waals surface area (Å²) in [5.41, 5.74) is 2.46. The summed E-state index contributed by atoms with van der Waals surface area (Å²) in [6.07, 6.45) is 0. The van der Waals surface area contributed by atoms with Crippen LogP contribution >= 0.6 is 23.4 Å². The molecule has 1 amide bonds. The molecule has 1 atom stereocenters. The Kier molecular flexibility index (Phi) is 6.25. The van der Waals surface area contributed by atoms with Crippen LogP contribution in [0.25, 0.3) is 0 Å². The lowest BCUT2D eigenvalue weighted by atomic mass is 10.1. The first kappa shape index (κ1) is 17.6. The van der Waals surface area contributed by atoms with Crippen molar-refractivity contribution in [2.45, 2.75) is 24.9 Å². The van der Waals surface area contributed by atoms with Crippen LogP contribution in [-0.4, -0.2) is 16.9 Å². The van der Waals surface area contributed by atoms with E-state index in [4.69, 9.17) is 11.6 Å². The summed E-state index contributed by atoms with van der Waals surface area (Å²) in [5.74, 6) is 0.698. The SMILES string of the molecule is CC(=O)c1ccc(NC(=O)[C@H](C)SCc2ccc(Cl)cc2)cc1. The number of carbonyl (C=O) groups is 2. The number of rotatable bonds is 6. The summed E-state index contributed by atoms with van der Waals surface area (Å²) in [6.45, 7) is 3.39. The van der Waals surface area contributed by atoms with E-state index < -0.39 is 0 Å². The first-order valence-corrected chi connectivity index (χ1v) is 8.66. The van der Waals surface area contributed by atoms with E-state index in [0.717, 1.165) is 11.3 Å². The van der Waals surface area contributed by atoms with Gasteiger partial charge in [0.1, 0.15) is 0 Å². The van der Waals surface area contributed by atoms with Crippen LogP contribution in [0.2, 0.25) is 5.02 Å². The second kappa shape index (κ2) is 8.18. The highest BCUT2D eigenvalue weighted by Crippen LogP contribution is 2.21. The number of halogens is 1. The van der Waals surface area contributed by atoms with Crippen molar-refractivity contribution in [3.8, 4) is 0 Å². The van der Waals surface area contributed by atoms with E-state index >= 15 is 0 Å². The minimum atomic E-state index is -0.182. The van der Waals surface area contributed by atoms with Gasteiger partial charge in [0, 0.05) is 22.0 Å². The molecule has 0 unspecified atom stereocenters. The Balaban J connectivity index is 1.86. The lowest BCUT2D eigenvalue weighted by Gasteiger charge is -2.12. The average molecular weight is 348 g/mol. The molecule has 2 aromatic rings. The number of anilines is 1. The fraction of sp³-hybridized carbons (Fsp3) is 0.222. The van der Waals surface area contributed by atoms with Crippen molar-refractivity contribution in [3.05, 3.63) is 64.7 Å². The molecule has 23 heavy (non-hydrogen) atoms. The van der Waals surface area contributed by atoms with E-state index in [9.17, 15) is 9.59 Å². The number of hydrogen-bond donors (Lipinski definition) is 1. The predicted octanol–water partition coefficient (Wildman–Crippen LogP) is 4.80. The van der Waals surface area contributed by atoms with Crippen molar-refractivity contribution in [1.29, 1.82) is 0 Å². The molecule has 0 spiro atoms. The van der Waals surface area contributed by atoms with Crippen LogP contribution in [0.1, 0.15) is 29.8 Å². The zero-order chi connectivity index (χ0) is 16.8. The van der Waals surface area contributed by atoms with Gasteiger partial charge in [-0.2, -0.15) is 0 Å². The van der Waals surface area contributed by atoms with Gasteiger partial charge < -0.3 is 5.32 Å². The summed E-state index contributed by atoms with van der Waals surface area (Å²) in [7, 11) is 0. The first-order valence-electron chi connectivity index (χ1n) is 7.23. The molecule has 0 aliphatic rings. The number of amides is 1. The van der Waals surface area contributed by atoms with Gasteiger partial charge in [-0.1, -0.05) is 23.7 Å². The maximum absolute atomic E-state index is 12.2. The van der Waals surface area contributed by atoms with Crippen molar-refractivity contribution < 1.29 is 9.59 Å². The molecule has 0 fully saturated rings. The summed E-state index contributed by atoms with van der Waals surface area (Å²) in [6, 6.07) is 14.5. The zero-order valence-electron chi connectivity index (χ0n) is 13.0.